The number of benzene rings is 1. The Morgan fingerprint density at radius 2 is 1.96 bits per heavy atom. The zero-order valence-corrected chi connectivity index (χ0v) is 16.0. The van der Waals surface area contributed by atoms with E-state index in [0.717, 1.165) is 19.0 Å². The van der Waals surface area contributed by atoms with Gasteiger partial charge >= 0.3 is 0 Å². The Morgan fingerprint density at radius 3 is 2.63 bits per heavy atom. The Morgan fingerprint density at radius 1 is 1.26 bits per heavy atom. The number of carbonyl (C=O) groups is 1. The maximum absolute atomic E-state index is 12.4. The van der Waals surface area contributed by atoms with Crippen LogP contribution in [0.4, 0.5) is 0 Å². The second-order valence-electron chi connectivity index (χ2n) is 6.13. The second kappa shape index (κ2) is 8.69. The molecular weight excluding hydrogens is 392 g/mol. The fourth-order valence-corrected chi connectivity index (χ4v) is 3.83. The minimum atomic E-state index is -4.10. The van der Waals surface area contributed by atoms with Crippen molar-refractivity contribution in [2.24, 2.45) is 5.92 Å². The van der Waals surface area contributed by atoms with Crippen LogP contribution >= 0.6 is 11.6 Å². The van der Waals surface area contributed by atoms with E-state index in [-0.39, 0.29) is 21.4 Å². The molecule has 1 aliphatic heterocycles. The van der Waals surface area contributed by atoms with E-state index in [1.807, 2.05) is 4.72 Å². The van der Waals surface area contributed by atoms with Crippen molar-refractivity contribution in [3.8, 4) is 5.88 Å². The van der Waals surface area contributed by atoms with Crippen LogP contribution in [0.1, 0.15) is 23.2 Å². The first-order valence-corrected chi connectivity index (χ1v) is 10.3. The number of hydrogen-bond donors (Lipinski definition) is 1. The van der Waals surface area contributed by atoms with Gasteiger partial charge in [-0.1, -0.05) is 29.8 Å². The summed E-state index contributed by atoms with van der Waals surface area (Å²) < 4.78 is 37.7. The third-order valence-electron chi connectivity index (χ3n) is 4.15. The van der Waals surface area contributed by atoms with E-state index >= 15 is 0 Å². The summed E-state index contributed by atoms with van der Waals surface area (Å²) in [6.45, 7) is 1.84. The van der Waals surface area contributed by atoms with Crippen molar-refractivity contribution in [1.82, 2.24) is 9.71 Å². The van der Waals surface area contributed by atoms with E-state index in [1.54, 1.807) is 18.2 Å². The number of nitrogens with one attached hydrogen (secondary N) is 1. The van der Waals surface area contributed by atoms with Crippen molar-refractivity contribution in [3.05, 3.63) is 53.2 Å². The monoisotopic (exact) mass is 410 g/mol. The molecule has 9 heteroatoms. The average molecular weight is 411 g/mol. The lowest BCUT2D eigenvalue weighted by molar-refractivity contribution is 0.0490. The van der Waals surface area contributed by atoms with Gasteiger partial charge in [-0.05, 0) is 37.0 Å². The molecule has 0 aliphatic carbocycles. The minimum Gasteiger partial charge on any atom is -0.476 e. The molecule has 1 amide bonds. The molecule has 27 heavy (non-hydrogen) atoms. The molecule has 7 nitrogen and oxygen atoms in total. The van der Waals surface area contributed by atoms with Crippen molar-refractivity contribution < 1.29 is 22.7 Å². The fraction of sp³-hybridized carbons (Fsp3) is 0.333. The third kappa shape index (κ3) is 5.18. The molecule has 2 aromatic rings. The zero-order chi connectivity index (χ0) is 19.3. The van der Waals surface area contributed by atoms with E-state index < -0.39 is 15.9 Å². The van der Waals surface area contributed by atoms with Crippen LogP contribution in [0, 0.1) is 5.92 Å². The molecule has 0 atom stereocenters. The van der Waals surface area contributed by atoms with Crippen LogP contribution in [0.3, 0.4) is 0 Å². The summed E-state index contributed by atoms with van der Waals surface area (Å²) in [5.74, 6) is -0.215. The largest absolute Gasteiger partial charge is 0.476 e. The molecule has 0 bridgehead atoms. The third-order valence-corrected chi connectivity index (χ3v) is 5.72. The quantitative estimate of drug-likeness (QED) is 0.786. The lowest BCUT2D eigenvalue weighted by Gasteiger charge is -2.22. The SMILES string of the molecule is O=C(NS(=O)(=O)c1cnc(OCC2CCOCC2)c(Cl)c1)c1ccccc1. The summed E-state index contributed by atoms with van der Waals surface area (Å²) >= 11 is 6.12. The molecule has 0 radical (unpaired) electrons. The first kappa shape index (κ1) is 19.6. The van der Waals surface area contributed by atoms with Crippen LogP contribution < -0.4 is 9.46 Å². The van der Waals surface area contributed by atoms with Crippen LogP contribution in [-0.2, 0) is 14.8 Å². The molecule has 0 spiro atoms. The number of nitrogens with zero attached hydrogens (tertiary/aromatic N) is 1. The van der Waals surface area contributed by atoms with Crippen molar-refractivity contribution in [3.63, 3.8) is 0 Å². The number of aromatic nitrogens is 1. The number of hydrogen-bond acceptors (Lipinski definition) is 6. The second-order valence-corrected chi connectivity index (χ2v) is 8.21. The summed E-state index contributed by atoms with van der Waals surface area (Å²) in [6, 6.07) is 9.27. The molecule has 2 heterocycles. The highest BCUT2D eigenvalue weighted by atomic mass is 35.5. The number of sulfonamides is 1. The molecule has 1 aromatic carbocycles. The van der Waals surface area contributed by atoms with E-state index in [1.165, 1.54) is 18.2 Å². The van der Waals surface area contributed by atoms with Gasteiger partial charge in [0.2, 0.25) is 5.88 Å². The molecule has 144 valence electrons. The molecule has 1 fully saturated rings. The average Bonchev–Trinajstić information content (AvgIpc) is 2.68. The van der Waals surface area contributed by atoms with Gasteiger partial charge in [0.1, 0.15) is 9.92 Å². The Bertz CT molecular complexity index is 899. The highest BCUT2D eigenvalue weighted by Gasteiger charge is 2.21. The summed E-state index contributed by atoms with van der Waals surface area (Å²) in [4.78, 5) is 15.9. The van der Waals surface area contributed by atoms with Crippen LogP contribution in [0.2, 0.25) is 5.02 Å². The molecule has 1 aliphatic rings. The van der Waals surface area contributed by atoms with Gasteiger partial charge in [0.05, 0.1) is 12.8 Å². The van der Waals surface area contributed by atoms with Crippen molar-refractivity contribution in [2.75, 3.05) is 19.8 Å². The van der Waals surface area contributed by atoms with Crippen LogP contribution in [0.25, 0.3) is 0 Å². The molecular formula is C18H19ClN2O5S. The topological polar surface area (TPSA) is 94.6 Å². The molecule has 0 saturated carbocycles. The molecule has 1 aromatic heterocycles. The van der Waals surface area contributed by atoms with Gasteiger partial charge < -0.3 is 9.47 Å². The summed E-state index contributed by atoms with van der Waals surface area (Å²) in [5, 5.41) is 0.0668. The summed E-state index contributed by atoms with van der Waals surface area (Å²) in [5.41, 5.74) is 0.233. The predicted octanol–water partition coefficient (Wildman–Crippen LogP) is 2.66. The van der Waals surface area contributed by atoms with E-state index in [0.29, 0.717) is 25.7 Å². The van der Waals surface area contributed by atoms with Gasteiger partial charge in [-0.3, -0.25) is 4.79 Å². The first-order valence-electron chi connectivity index (χ1n) is 8.44. The van der Waals surface area contributed by atoms with Crippen LogP contribution in [-0.4, -0.2) is 39.1 Å². The summed E-state index contributed by atoms with van der Waals surface area (Å²) in [7, 11) is -4.10. The maximum atomic E-state index is 12.4. The summed E-state index contributed by atoms with van der Waals surface area (Å²) in [6.07, 6.45) is 2.91. The highest BCUT2D eigenvalue weighted by molar-refractivity contribution is 7.90. The lowest BCUT2D eigenvalue weighted by atomic mass is 10.0. The van der Waals surface area contributed by atoms with Gasteiger partial charge in [0.15, 0.2) is 0 Å². The molecule has 0 unspecified atom stereocenters. The van der Waals surface area contributed by atoms with Crippen molar-refractivity contribution in [2.45, 2.75) is 17.7 Å². The minimum absolute atomic E-state index is 0.0668. The maximum Gasteiger partial charge on any atom is 0.265 e. The zero-order valence-electron chi connectivity index (χ0n) is 14.4. The number of halogens is 1. The van der Waals surface area contributed by atoms with Crippen LogP contribution in [0.15, 0.2) is 47.5 Å². The van der Waals surface area contributed by atoms with E-state index in [4.69, 9.17) is 21.1 Å². The van der Waals surface area contributed by atoms with E-state index in [9.17, 15) is 13.2 Å². The molecule has 3 rings (SSSR count). The van der Waals surface area contributed by atoms with Gasteiger partial charge in [0.25, 0.3) is 15.9 Å². The fourth-order valence-electron chi connectivity index (χ4n) is 2.60. The number of pyridine rings is 1. The van der Waals surface area contributed by atoms with Crippen molar-refractivity contribution in [1.29, 1.82) is 0 Å². The Labute approximate surface area is 162 Å². The van der Waals surface area contributed by atoms with Crippen molar-refractivity contribution >= 4 is 27.5 Å². The Kier molecular flexibility index (Phi) is 6.30. The Balaban J connectivity index is 1.67. The van der Waals surface area contributed by atoms with Gasteiger partial charge in [-0.25, -0.2) is 18.1 Å². The normalized spacial score (nSPS) is 15.3. The number of amides is 1. The van der Waals surface area contributed by atoms with Gasteiger partial charge in [-0.15, -0.1) is 0 Å². The smallest absolute Gasteiger partial charge is 0.265 e. The van der Waals surface area contributed by atoms with Crippen LogP contribution in [0.5, 0.6) is 5.88 Å². The van der Waals surface area contributed by atoms with Gasteiger partial charge in [0, 0.05) is 18.8 Å². The number of ether oxygens (including phenoxy) is 2. The standard InChI is InChI=1S/C18H19ClN2O5S/c19-16-10-15(11-20-18(16)26-12-13-6-8-25-9-7-13)27(23,24)21-17(22)14-4-2-1-3-5-14/h1-5,10-11,13H,6-9,12H2,(H,21,22). The Hall–Kier alpha value is -2.16. The van der Waals surface area contributed by atoms with E-state index in [2.05, 4.69) is 4.98 Å². The lowest BCUT2D eigenvalue weighted by Crippen LogP contribution is -2.30. The highest BCUT2D eigenvalue weighted by Crippen LogP contribution is 2.26. The number of carbonyl (C=O) groups excluding carboxylic acids is 1. The predicted molar refractivity (Wildman–Crippen MR) is 99.4 cm³/mol. The van der Waals surface area contributed by atoms with Gasteiger partial charge in [-0.2, -0.15) is 0 Å². The molecule has 1 N–H and O–H groups in total. The molecule has 1 saturated heterocycles. The first-order chi connectivity index (χ1) is 13.0. The number of rotatable bonds is 6.